The number of hydrogen-bond donors (Lipinski definition) is 0. The molecule has 2 nitrogen and oxygen atoms in total. The molecule has 2 aromatic rings. The molecule has 0 bridgehead atoms. The third kappa shape index (κ3) is 3.95. The molecule has 0 aromatic heterocycles. The van der Waals surface area contributed by atoms with E-state index in [1.807, 2.05) is 11.8 Å². The first kappa shape index (κ1) is 17.0. The number of aryl methyl sites for hydroxylation is 2. The zero-order valence-electron chi connectivity index (χ0n) is 14.5. The molecule has 1 aliphatic heterocycles. The molecule has 1 aliphatic rings. The molecular formula is C21H24N2S. The Balaban J connectivity index is 1.78. The summed E-state index contributed by atoms with van der Waals surface area (Å²) in [5.41, 5.74) is 3.99. The molecule has 0 N–H and O–H groups in total. The lowest BCUT2D eigenvalue weighted by Crippen LogP contribution is -2.46. The lowest BCUT2D eigenvalue weighted by Gasteiger charge is -2.36. The Bertz CT molecular complexity index is 740. The second-order valence-corrected chi connectivity index (χ2v) is 7.39. The van der Waals surface area contributed by atoms with Gasteiger partial charge in [0.15, 0.2) is 0 Å². The van der Waals surface area contributed by atoms with E-state index in [1.54, 1.807) is 0 Å². The van der Waals surface area contributed by atoms with Crippen LogP contribution < -0.4 is 4.90 Å². The van der Waals surface area contributed by atoms with E-state index in [4.69, 9.17) is 6.42 Å². The molecule has 24 heavy (non-hydrogen) atoms. The minimum Gasteiger partial charge on any atom is -0.368 e. The highest BCUT2D eigenvalue weighted by Gasteiger charge is 2.19. The Labute approximate surface area is 149 Å². The number of anilines is 1. The average molecular weight is 337 g/mol. The first-order chi connectivity index (χ1) is 11.7. The molecule has 0 amide bonds. The molecule has 124 valence electrons. The van der Waals surface area contributed by atoms with Crippen LogP contribution in [0.25, 0.3) is 0 Å². The summed E-state index contributed by atoms with van der Waals surface area (Å²) in [7, 11) is 0. The Morgan fingerprint density at radius 1 is 1.00 bits per heavy atom. The molecule has 0 aliphatic carbocycles. The first-order valence-electron chi connectivity index (χ1n) is 8.42. The smallest absolute Gasteiger partial charge is 0.0600 e. The van der Waals surface area contributed by atoms with E-state index >= 15 is 0 Å². The highest BCUT2D eigenvalue weighted by molar-refractivity contribution is 7.99. The Morgan fingerprint density at radius 3 is 2.46 bits per heavy atom. The molecule has 3 heteroatoms. The number of rotatable bonds is 4. The summed E-state index contributed by atoms with van der Waals surface area (Å²) in [6.45, 7) is 9.23. The van der Waals surface area contributed by atoms with Crippen LogP contribution in [0.2, 0.25) is 0 Å². The van der Waals surface area contributed by atoms with Gasteiger partial charge in [0, 0.05) is 36.0 Å². The van der Waals surface area contributed by atoms with Gasteiger partial charge in [-0.15, -0.1) is 6.42 Å². The highest BCUT2D eigenvalue weighted by Crippen LogP contribution is 2.37. The van der Waals surface area contributed by atoms with Gasteiger partial charge in [-0.2, -0.15) is 0 Å². The van der Waals surface area contributed by atoms with Crippen molar-refractivity contribution in [2.75, 3.05) is 37.6 Å². The summed E-state index contributed by atoms with van der Waals surface area (Å²) in [6, 6.07) is 15.4. The van der Waals surface area contributed by atoms with Crippen molar-refractivity contribution < 1.29 is 0 Å². The van der Waals surface area contributed by atoms with E-state index in [0.717, 1.165) is 32.7 Å². The van der Waals surface area contributed by atoms with Crippen LogP contribution in [0.1, 0.15) is 11.1 Å². The van der Waals surface area contributed by atoms with E-state index in [0.29, 0.717) is 0 Å². The van der Waals surface area contributed by atoms with Crippen molar-refractivity contribution in [1.29, 1.82) is 0 Å². The van der Waals surface area contributed by atoms with Gasteiger partial charge in [-0.05, 0) is 37.6 Å². The van der Waals surface area contributed by atoms with Crippen LogP contribution in [0.15, 0.2) is 52.3 Å². The van der Waals surface area contributed by atoms with Gasteiger partial charge in [-0.25, -0.2) is 0 Å². The number of piperazine rings is 1. The molecular weight excluding hydrogens is 312 g/mol. The van der Waals surface area contributed by atoms with E-state index in [9.17, 15) is 0 Å². The van der Waals surface area contributed by atoms with Gasteiger partial charge in [0.2, 0.25) is 0 Å². The summed E-state index contributed by atoms with van der Waals surface area (Å²) < 4.78 is 0. The van der Waals surface area contributed by atoms with Crippen LogP contribution >= 0.6 is 11.8 Å². The predicted molar refractivity (Wildman–Crippen MR) is 104 cm³/mol. The number of hydrogen-bond acceptors (Lipinski definition) is 3. The van der Waals surface area contributed by atoms with Gasteiger partial charge in [0.1, 0.15) is 0 Å². The van der Waals surface area contributed by atoms with E-state index < -0.39 is 0 Å². The summed E-state index contributed by atoms with van der Waals surface area (Å²) in [6.07, 6.45) is 5.43. The molecule has 0 unspecified atom stereocenters. The standard InChI is InChI=1S/C21H24N2S/c1-4-11-22-12-14-23(15-13-22)19-7-5-6-8-21(19)24-20-10-9-17(2)16-18(20)3/h1,5-10,16H,11-15H2,2-3H3. The van der Waals surface area contributed by atoms with Crippen molar-refractivity contribution in [2.45, 2.75) is 23.6 Å². The fourth-order valence-electron chi connectivity index (χ4n) is 3.11. The third-order valence-corrected chi connectivity index (χ3v) is 5.69. The van der Waals surface area contributed by atoms with Crippen LogP contribution in [0, 0.1) is 26.2 Å². The number of benzene rings is 2. The van der Waals surface area contributed by atoms with E-state index in [2.05, 4.69) is 72.0 Å². The number of terminal acetylenes is 1. The van der Waals surface area contributed by atoms with Gasteiger partial charge in [-0.3, -0.25) is 4.90 Å². The SMILES string of the molecule is C#CCN1CCN(c2ccccc2Sc2ccc(C)cc2C)CC1. The van der Waals surface area contributed by atoms with Crippen molar-refractivity contribution in [2.24, 2.45) is 0 Å². The molecule has 1 saturated heterocycles. The van der Waals surface area contributed by atoms with Crippen molar-refractivity contribution in [3.63, 3.8) is 0 Å². The highest BCUT2D eigenvalue weighted by atomic mass is 32.2. The maximum Gasteiger partial charge on any atom is 0.0600 e. The largest absolute Gasteiger partial charge is 0.368 e. The summed E-state index contributed by atoms with van der Waals surface area (Å²) in [5.74, 6) is 2.75. The Kier molecular flexibility index (Phi) is 5.50. The van der Waals surface area contributed by atoms with E-state index in [-0.39, 0.29) is 0 Å². The minimum absolute atomic E-state index is 0.757. The average Bonchev–Trinajstić information content (AvgIpc) is 2.59. The fraction of sp³-hybridized carbons (Fsp3) is 0.333. The quantitative estimate of drug-likeness (QED) is 0.772. The molecule has 0 atom stereocenters. The molecule has 0 spiro atoms. The molecule has 2 aromatic carbocycles. The first-order valence-corrected chi connectivity index (χ1v) is 9.24. The molecule has 1 fully saturated rings. The maximum atomic E-state index is 5.43. The summed E-state index contributed by atoms with van der Waals surface area (Å²) >= 11 is 1.87. The molecule has 0 saturated carbocycles. The van der Waals surface area contributed by atoms with Crippen LogP contribution in [-0.2, 0) is 0 Å². The molecule has 0 radical (unpaired) electrons. The minimum atomic E-state index is 0.757. The van der Waals surface area contributed by atoms with Crippen LogP contribution in [0.4, 0.5) is 5.69 Å². The molecule has 3 rings (SSSR count). The predicted octanol–water partition coefficient (Wildman–Crippen LogP) is 4.21. The van der Waals surface area contributed by atoms with E-state index in [1.165, 1.54) is 26.6 Å². The second-order valence-electron chi connectivity index (χ2n) is 6.31. The van der Waals surface area contributed by atoms with Crippen molar-refractivity contribution in [3.05, 3.63) is 53.6 Å². The third-order valence-electron chi connectivity index (χ3n) is 4.44. The maximum absolute atomic E-state index is 5.43. The molecule has 1 heterocycles. The summed E-state index contributed by atoms with van der Waals surface area (Å²) in [4.78, 5) is 7.49. The number of para-hydroxylation sites is 1. The van der Waals surface area contributed by atoms with Gasteiger partial charge in [0.25, 0.3) is 0 Å². The zero-order valence-corrected chi connectivity index (χ0v) is 15.3. The zero-order chi connectivity index (χ0) is 16.9. The fourth-order valence-corrected chi connectivity index (χ4v) is 4.15. The van der Waals surface area contributed by atoms with Gasteiger partial charge < -0.3 is 4.90 Å². The monoisotopic (exact) mass is 336 g/mol. The van der Waals surface area contributed by atoms with Gasteiger partial charge in [0.05, 0.1) is 12.2 Å². The Morgan fingerprint density at radius 2 is 1.75 bits per heavy atom. The lowest BCUT2D eigenvalue weighted by molar-refractivity contribution is 0.288. The van der Waals surface area contributed by atoms with Gasteiger partial charge >= 0.3 is 0 Å². The van der Waals surface area contributed by atoms with Crippen LogP contribution in [-0.4, -0.2) is 37.6 Å². The van der Waals surface area contributed by atoms with Gasteiger partial charge in [-0.1, -0.05) is 47.5 Å². The van der Waals surface area contributed by atoms with Crippen LogP contribution in [0.3, 0.4) is 0 Å². The summed E-state index contributed by atoms with van der Waals surface area (Å²) in [5, 5.41) is 0. The van der Waals surface area contributed by atoms with Crippen molar-refractivity contribution in [1.82, 2.24) is 4.90 Å². The number of nitrogens with zero attached hydrogens (tertiary/aromatic N) is 2. The topological polar surface area (TPSA) is 6.48 Å². The second kappa shape index (κ2) is 7.79. The van der Waals surface area contributed by atoms with Crippen molar-refractivity contribution >= 4 is 17.4 Å². The Hall–Kier alpha value is -1.89. The van der Waals surface area contributed by atoms with Crippen molar-refractivity contribution in [3.8, 4) is 12.3 Å². The lowest BCUT2D eigenvalue weighted by atomic mass is 10.2. The van der Waals surface area contributed by atoms with Crippen LogP contribution in [0.5, 0.6) is 0 Å². The normalized spacial score (nSPS) is 15.3.